The molecule has 0 aliphatic rings. The van der Waals surface area contributed by atoms with Gasteiger partial charge in [-0.25, -0.2) is 0 Å². The fraction of sp³-hybridized carbons (Fsp3) is 0.250. The lowest BCUT2D eigenvalue weighted by Crippen LogP contribution is -2.17. The Labute approximate surface area is 89.7 Å². The van der Waals surface area contributed by atoms with Gasteiger partial charge in [0.05, 0.1) is 12.0 Å². The molecule has 90 valence electrons. The first kappa shape index (κ1) is 12.8. The van der Waals surface area contributed by atoms with Gasteiger partial charge >= 0.3 is 6.36 Å². The number of alkyl halides is 3. The molecule has 0 N–H and O–H groups in total. The maximum Gasteiger partial charge on any atom is 0.573 e. The van der Waals surface area contributed by atoms with Gasteiger partial charge in [0, 0.05) is 0 Å². The molecule has 8 heteroatoms. The lowest BCUT2D eigenvalue weighted by atomic mass is 10.3. The second-order valence-corrected chi connectivity index (χ2v) is 4.35. The Morgan fingerprint density at radius 2 is 1.62 bits per heavy atom. The summed E-state index contributed by atoms with van der Waals surface area (Å²) in [6.45, 7) is 0. The lowest BCUT2D eigenvalue weighted by Gasteiger charge is -2.08. The molecule has 0 amide bonds. The minimum Gasteiger partial charge on any atom is -0.406 e. The van der Waals surface area contributed by atoms with Gasteiger partial charge in [-0.15, -0.1) is 13.2 Å². The van der Waals surface area contributed by atoms with E-state index in [4.69, 9.17) is 0 Å². The predicted octanol–water partition coefficient (Wildman–Crippen LogP) is 1.92. The van der Waals surface area contributed by atoms with E-state index in [9.17, 15) is 21.6 Å². The third kappa shape index (κ3) is 3.38. The summed E-state index contributed by atoms with van der Waals surface area (Å²) < 4.78 is 65.3. The highest BCUT2D eigenvalue weighted by Gasteiger charge is 2.31. The fourth-order valence-corrected chi connectivity index (χ4v) is 1.57. The molecule has 0 unspecified atom stereocenters. The summed E-state index contributed by atoms with van der Waals surface area (Å²) in [5, 5.41) is 0. The maximum atomic E-state index is 11.8. The van der Waals surface area contributed by atoms with Crippen LogP contribution in [0.5, 0.6) is 5.75 Å². The molecule has 0 saturated carbocycles. The third-order valence-electron chi connectivity index (χ3n) is 1.57. The Morgan fingerprint density at radius 3 is 2.00 bits per heavy atom. The first-order chi connectivity index (χ1) is 7.24. The normalized spacial score (nSPS) is 12.5. The summed E-state index contributed by atoms with van der Waals surface area (Å²) in [5.41, 5.74) is 0. The van der Waals surface area contributed by atoms with Gasteiger partial charge < -0.3 is 4.74 Å². The van der Waals surface area contributed by atoms with E-state index >= 15 is 0 Å². The first-order valence-electron chi connectivity index (χ1n) is 3.91. The summed E-state index contributed by atoms with van der Waals surface area (Å²) in [6, 6.07) is 3.69. The molecule has 16 heavy (non-hydrogen) atoms. The zero-order chi connectivity index (χ0) is 12.4. The van der Waals surface area contributed by atoms with E-state index in [-0.39, 0.29) is 4.90 Å². The van der Waals surface area contributed by atoms with E-state index in [1.165, 1.54) is 0 Å². The molecule has 0 saturated heterocycles. The molecule has 1 rings (SSSR count). The number of rotatable bonds is 3. The summed E-state index contributed by atoms with van der Waals surface area (Å²) in [4.78, 5) is -0.246. The zero-order valence-corrected chi connectivity index (χ0v) is 8.80. The molecule has 0 bridgehead atoms. The Kier molecular flexibility index (Phi) is 3.44. The van der Waals surface area contributed by atoms with Crippen LogP contribution in [0.25, 0.3) is 0 Å². The molecular weight excluding hydrogens is 249 g/mol. The van der Waals surface area contributed by atoms with Crippen LogP contribution in [-0.4, -0.2) is 21.9 Å². The molecule has 0 spiro atoms. The van der Waals surface area contributed by atoms with Gasteiger partial charge in [0.1, 0.15) is 5.75 Å². The molecule has 0 heterocycles. The Balaban J connectivity index is 2.93. The molecule has 1 aromatic rings. The summed E-state index contributed by atoms with van der Waals surface area (Å²) in [5.74, 6) is -0.498. The van der Waals surface area contributed by atoms with Gasteiger partial charge in [0.25, 0.3) is 10.1 Å². The van der Waals surface area contributed by atoms with E-state index in [0.717, 1.165) is 31.4 Å². The highest BCUT2D eigenvalue weighted by atomic mass is 32.2. The smallest absolute Gasteiger partial charge is 0.406 e. The molecule has 1 aromatic carbocycles. The van der Waals surface area contributed by atoms with Crippen molar-refractivity contribution in [3.8, 4) is 5.75 Å². The number of hydrogen-bond acceptors (Lipinski definition) is 4. The maximum absolute atomic E-state index is 11.8. The quantitative estimate of drug-likeness (QED) is 0.775. The number of ether oxygens (including phenoxy) is 1. The van der Waals surface area contributed by atoms with E-state index in [1.807, 2.05) is 0 Å². The minimum absolute atomic E-state index is 0.246. The molecule has 0 fully saturated rings. The monoisotopic (exact) mass is 256 g/mol. The van der Waals surface area contributed by atoms with Crippen molar-refractivity contribution < 1.29 is 30.5 Å². The van der Waals surface area contributed by atoms with E-state index in [1.54, 1.807) is 0 Å². The highest BCUT2D eigenvalue weighted by Crippen LogP contribution is 2.24. The van der Waals surface area contributed by atoms with Crippen molar-refractivity contribution in [3.63, 3.8) is 0 Å². The highest BCUT2D eigenvalue weighted by molar-refractivity contribution is 7.86. The first-order valence-corrected chi connectivity index (χ1v) is 5.32. The second-order valence-electron chi connectivity index (χ2n) is 2.64. The van der Waals surface area contributed by atoms with Crippen molar-refractivity contribution in [1.29, 1.82) is 0 Å². The van der Waals surface area contributed by atoms with Crippen LogP contribution in [0.1, 0.15) is 0 Å². The molecular formula is C8H7F3O4S. The number of halogens is 3. The zero-order valence-electron chi connectivity index (χ0n) is 7.98. The Hall–Kier alpha value is -1.28. The van der Waals surface area contributed by atoms with Crippen LogP contribution in [0, 0.1) is 0 Å². The van der Waals surface area contributed by atoms with Crippen LogP contribution in [0.3, 0.4) is 0 Å². The number of benzene rings is 1. The number of hydrogen-bond donors (Lipinski definition) is 0. The van der Waals surface area contributed by atoms with Gasteiger partial charge in [-0.1, -0.05) is 0 Å². The lowest BCUT2D eigenvalue weighted by molar-refractivity contribution is -0.274. The second kappa shape index (κ2) is 4.30. The molecule has 0 aliphatic heterocycles. The minimum atomic E-state index is -4.80. The average Bonchev–Trinajstić information content (AvgIpc) is 2.16. The van der Waals surface area contributed by atoms with Crippen LogP contribution < -0.4 is 4.74 Å². The van der Waals surface area contributed by atoms with Gasteiger partial charge in [0.2, 0.25) is 0 Å². The molecule has 0 atom stereocenters. The van der Waals surface area contributed by atoms with E-state index in [2.05, 4.69) is 8.92 Å². The van der Waals surface area contributed by atoms with Gasteiger partial charge in [-0.2, -0.15) is 8.42 Å². The summed E-state index contributed by atoms with van der Waals surface area (Å²) >= 11 is 0. The molecule has 0 aromatic heterocycles. The van der Waals surface area contributed by atoms with Crippen molar-refractivity contribution in [2.75, 3.05) is 7.11 Å². The van der Waals surface area contributed by atoms with Crippen molar-refractivity contribution >= 4 is 10.1 Å². The van der Waals surface area contributed by atoms with Gasteiger partial charge in [0.15, 0.2) is 0 Å². The van der Waals surface area contributed by atoms with Gasteiger partial charge in [-0.3, -0.25) is 4.18 Å². The van der Waals surface area contributed by atoms with Crippen LogP contribution >= 0.6 is 0 Å². The molecule has 4 nitrogen and oxygen atoms in total. The summed E-state index contributed by atoms with van der Waals surface area (Å²) in [7, 11) is -2.94. The van der Waals surface area contributed by atoms with Gasteiger partial charge in [-0.05, 0) is 24.3 Å². The predicted molar refractivity (Wildman–Crippen MR) is 47.3 cm³/mol. The van der Waals surface area contributed by atoms with E-state index < -0.39 is 22.2 Å². The van der Waals surface area contributed by atoms with Crippen LogP contribution in [0.4, 0.5) is 13.2 Å². The average molecular weight is 256 g/mol. The van der Waals surface area contributed by atoms with Crippen molar-refractivity contribution in [2.45, 2.75) is 11.3 Å². The third-order valence-corrected chi connectivity index (χ3v) is 2.85. The molecule has 0 radical (unpaired) electrons. The van der Waals surface area contributed by atoms with Crippen molar-refractivity contribution in [3.05, 3.63) is 24.3 Å². The van der Waals surface area contributed by atoms with E-state index in [0.29, 0.717) is 0 Å². The van der Waals surface area contributed by atoms with Crippen molar-refractivity contribution in [2.24, 2.45) is 0 Å². The Bertz CT molecular complexity index is 449. The van der Waals surface area contributed by atoms with Crippen LogP contribution in [0.2, 0.25) is 0 Å². The van der Waals surface area contributed by atoms with Crippen LogP contribution in [-0.2, 0) is 14.3 Å². The fourth-order valence-electron chi connectivity index (χ4n) is 0.904. The van der Waals surface area contributed by atoms with Crippen LogP contribution in [0.15, 0.2) is 29.2 Å². The SMILES string of the molecule is COS(=O)(=O)c1ccc(OC(F)(F)F)cc1. The standard InChI is InChI=1S/C8H7F3O4S/c1-14-16(12,13)7-4-2-6(3-5-7)15-8(9,10)11/h2-5H,1H3. The Morgan fingerprint density at radius 1 is 1.12 bits per heavy atom. The molecule has 0 aliphatic carbocycles. The topological polar surface area (TPSA) is 52.6 Å². The summed E-state index contributed by atoms with van der Waals surface area (Å²) in [6.07, 6.45) is -4.80. The largest absolute Gasteiger partial charge is 0.573 e. The van der Waals surface area contributed by atoms with Crippen molar-refractivity contribution in [1.82, 2.24) is 0 Å².